The highest BCUT2D eigenvalue weighted by Crippen LogP contribution is 2.24. The van der Waals surface area contributed by atoms with E-state index in [4.69, 9.17) is 15.2 Å². The van der Waals surface area contributed by atoms with Crippen LogP contribution in [0.2, 0.25) is 0 Å². The minimum absolute atomic E-state index is 0.0746. The molecule has 35 heavy (non-hydrogen) atoms. The highest BCUT2D eigenvalue weighted by atomic mass is 16.5. The van der Waals surface area contributed by atoms with Crippen LogP contribution in [0.5, 0.6) is 5.75 Å². The first kappa shape index (κ1) is 27.6. The number of carbonyl (C=O) groups excluding carboxylic acids is 2. The van der Waals surface area contributed by atoms with Crippen LogP contribution in [-0.4, -0.2) is 48.7 Å². The van der Waals surface area contributed by atoms with Crippen molar-refractivity contribution < 1.29 is 19.1 Å². The molecule has 1 aromatic carbocycles. The summed E-state index contributed by atoms with van der Waals surface area (Å²) in [5.74, 6) is -0.131. The van der Waals surface area contributed by atoms with Gasteiger partial charge in [-0.15, -0.1) is 0 Å². The number of amides is 2. The maximum absolute atomic E-state index is 13.6. The molecular formula is C24H35N5O6. The summed E-state index contributed by atoms with van der Waals surface area (Å²) < 4.78 is 11.5. The van der Waals surface area contributed by atoms with Gasteiger partial charge in [0.15, 0.2) is 5.69 Å². The summed E-state index contributed by atoms with van der Waals surface area (Å²) in [5.41, 5.74) is 5.48. The number of nitrogens with one attached hydrogen (secondary N) is 2. The first-order valence-corrected chi connectivity index (χ1v) is 11.4. The zero-order valence-corrected chi connectivity index (χ0v) is 20.9. The van der Waals surface area contributed by atoms with Crippen LogP contribution in [0.3, 0.4) is 0 Å². The number of aromatic nitrogens is 2. The molecule has 2 amide bonds. The molecule has 1 heterocycles. The Morgan fingerprint density at radius 3 is 2.37 bits per heavy atom. The molecule has 2 rings (SSSR count). The fourth-order valence-electron chi connectivity index (χ4n) is 3.73. The van der Waals surface area contributed by atoms with E-state index in [1.165, 1.54) is 23.5 Å². The molecule has 1 atom stereocenters. The van der Waals surface area contributed by atoms with Crippen molar-refractivity contribution in [2.45, 2.75) is 46.2 Å². The van der Waals surface area contributed by atoms with Gasteiger partial charge in [-0.3, -0.25) is 23.9 Å². The highest BCUT2D eigenvalue weighted by Gasteiger charge is 2.27. The largest absolute Gasteiger partial charge is 0.497 e. The summed E-state index contributed by atoms with van der Waals surface area (Å²) in [7, 11) is 3.08. The van der Waals surface area contributed by atoms with Gasteiger partial charge in [-0.2, -0.15) is 0 Å². The summed E-state index contributed by atoms with van der Waals surface area (Å²) in [6.07, 6.45) is 0.291. The molecule has 4 N–H and O–H groups in total. The number of carbonyl (C=O) groups is 2. The van der Waals surface area contributed by atoms with Gasteiger partial charge in [0.2, 0.25) is 11.8 Å². The van der Waals surface area contributed by atoms with Crippen molar-refractivity contribution in [3.63, 3.8) is 0 Å². The number of H-pyrrole nitrogens is 1. The van der Waals surface area contributed by atoms with E-state index in [-0.39, 0.29) is 42.8 Å². The van der Waals surface area contributed by atoms with Gasteiger partial charge in [-0.25, -0.2) is 4.79 Å². The molecule has 0 saturated heterocycles. The smallest absolute Gasteiger partial charge is 0.330 e. The summed E-state index contributed by atoms with van der Waals surface area (Å²) in [4.78, 5) is 54.2. The molecule has 0 spiro atoms. The maximum atomic E-state index is 13.6. The van der Waals surface area contributed by atoms with Crippen LogP contribution in [0.25, 0.3) is 0 Å². The van der Waals surface area contributed by atoms with E-state index in [2.05, 4.69) is 10.3 Å². The Bertz CT molecular complexity index is 1120. The van der Waals surface area contributed by atoms with Gasteiger partial charge < -0.3 is 25.4 Å². The van der Waals surface area contributed by atoms with Crippen molar-refractivity contribution in [2.24, 2.45) is 5.92 Å². The van der Waals surface area contributed by atoms with Crippen LogP contribution in [0.1, 0.15) is 45.2 Å². The SMILES string of the molecule is COCCCN(C(=O)CC(NC(C)=O)c1ccc(OC)cc1)c1c(N)n(CC(C)C)c(=O)[nH]c1=O. The Morgan fingerprint density at radius 2 is 1.83 bits per heavy atom. The fraction of sp³-hybridized carbons (Fsp3) is 0.500. The number of aromatic amines is 1. The second kappa shape index (κ2) is 12.7. The second-order valence-electron chi connectivity index (χ2n) is 8.62. The van der Waals surface area contributed by atoms with Crippen LogP contribution in [0.15, 0.2) is 33.9 Å². The average molecular weight is 490 g/mol. The van der Waals surface area contributed by atoms with Gasteiger partial charge in [0.1, 0.15) is 11.6 Å². The van der Waals surface area contributed by atoms with E-state index < -0.39 is 23.2 Å². The molecule has 11 nitrogen and oxygen atoms in total. The summed E-state index contributed by atoms with van der Waals surface area (Å²) >= 11 is 0. The lowest BCUT2D eigenvalue weighted by molar-refractivity contribution is -0.121. The number of hydrogen-bond acceptors (Lipinski definition) is 7. The Labute approximate surface area is 204 Å². The van der Waals surface area contributed by atoms with Gasteiger partial charge in [0.05, 0.1) is 19.6 Å². The number of nitrogen functional groups attached to an aromatic ring is 1. The predicted octanol–water partition coefficient (Wildman–Crippen LogP) is 1.42. The number of benzene rings is 1. The van der Waals surface area contributed by atoms with Crippen LogP contribution in [-0.2, 0) is 20.9 Å². The van der Waals surface area contributed by atoms with Crippen molar-refractivity contribution in [3.8, 4) is 5.75 Å². The van der Waals surface area contributed by atoms with E-state index in [0.717, 1.165) is 0 Å². The zero-order valence-electron chi connectivity index (χ0n) is 20.9. The van der Waals surface area contributed by atoms with Crippen molar-refractivity contribution in [3.05, 3.63) is 50.7 Å². The van der Waals surface area contributed by atoms with Crippen LogP contribution < -0.4 is 31.9 Å². The lowest BCUT2D eigenvalue weighted by Gasteiger charge is -2.27. The molecule has 2 aromatic rings. The van der Waals surface area contributed by atoms with Crippen LogP contribution in [0, 0.1) is 5.92 Å². The number of anilines is 2. The summed E-state index contributed by atoms with van der Waals surface area (Å²) in [6.45, 7) is 5.93. The number of nitrogens with zero attached hydrogens (tertiary/aromatic N) is 2. The van der Waals surface area contributed by atoms with Gasteiger partial charge in [-0.1, -0.05) is 26.0 Å². The van der Waals surface area contributed by atoms with Crippen molar-refractivity contribution in [1.29, 1.82) is 0 Å². The third kappa shape index (κ3) is 7.44. The van der Waals surface area contributed by atoms with E-state index in [1.807, 2.05) is 13.8 Å². The average Bonchev–Trinajstić information content (AvgIpc) is 2.80. The third-order valence-corrected chi connectivity index (χ3v) is 5.34. The quantitative estimate of drug-likeness (QED) is 0.382. The maximum Gasteiger partial charge on any atom is 0.330 e. The summed E-state index contributed by atoms with van der Waals surface area (Å²) in [6, 6.07) is 6.32. The highest BCUT2D eigenvalue weighted by molar-refractivity contribution is 5.96. The minimum Gasteiger partial charge on any atom is -0.497 e. The molecule has 1 unspecified atom stereocenters. The Balaban J connectivity index is 2.49. The molecular weight excluding hydrogens is 454 g/mol. The fourth-order valence-corrected chi connectivity index (χ4v) is 3.73. The first-order valence-electron chi connectivity index (χ1n) is 11.4. The molecule has 0 aliphatic rings. The Hall–Kier alpha value is -3.60. The summed E-state index contributed by atoms with van der Waals surface area (Å²) in [5, 5.41) is 2.79. The van der Waals surface area contributed by atoms with Gasteiger partial charge in [0, 0.05) is 33.7 Å². The topological polar surface area (TPSA) is 149 Å². The number of rotatable bonds is 12. The Kier molecular flexibility index (Phi) is 10.1. The number of nitrogens with two attached hydrogens (primary N) is 1. The zero-order chi connectivity index (χ0) is 26.1. The molecule has 0 aliphatic heterocycles. The molecule has 0 radical (unpaired) electrons. The molecule has 1 aromatic heterocycles. The lowest BCUT2D eigenvalue weighted by Crippen LogP contribution is -2.43. The number of hydrogen-bond donors (Lipinski definition) is 3. The standard InChI is InChI=1S/C24H35N5O6/c1-15(2)14-29-22(25)21(23(32)27-24(29)33)28(11-6-12-34-4)20(31)13-19(26-16(3)30)17-7-9-18(35-5)10-8-17/h7-10,15,19H,6,11-14,25H2,1-5H3,(H,26,30)(H,27,32,33). The third-order valence-electron chi connectivity index (χ3n) is 5.34. The number of ether oxygens (including phenoxy) is 2. The van der Waals surface area contributed by atoms with Crippen molar-refractivity contribution >= 4 is 23.3 Å². The van der Waals surface area contributed by atoms with E-state index >= 15 is 0 Å². The monoisotopic (exact) mass is 489 g/mol. The predicted molar refractivity (Wildman–Crippen MR) is 134 cm³/mol. The van der Waals surface area contributed by atoms with Gasteiger partial charge in [-0.05, 0) is 30.0 Å². The minimum atomic E-state index is -0.751. The van der Waals surface area contributed by atoms with Crippen LogP contribution in [0.4, 0.5) is 11.5 Å². The van der Waals surface area contributed by atoms with Crippen LogP contribution >= 0.6 is 0 Å². The van der Waals surface area contributed by atoms with Gasteiger partial charge >= 0.3 is 5.69 Å². The van der Waals surface area contributed by atoms with Gasteiger partial charge in [0.25, 0.3) is 5.56 Å². The van der Waals surface area contributed by atoms with E-state index in [0.29, 0.717) is 24.3 Å². The molecule has 0 aliphatic carbocycles. The van der Waals surface area contributed by atoms with Crippen molar-refractivity contribution in [2.75, 3.05) is 38.0 Å². The normalized spacial score (nSPS) is 11.8. The molecule has 0 bridgehead atoms. The molecule has 192 valence electrons. The number of methoxy groups -OCH3 is 2. The molecule has 0 saturated carbocycles. The second-order valence-corrected chi connectivity index (χ2v) is 8.62. The lowest BCUT2D eigenvalue weighted by atomic mass is 10.0. The van der Waals surface area contributed by atoms with E-state index in [9.17, 15) is 19.2 Å². The Morgan fingerprint density at radius 1 is 1.17 bits per heavy atom. The van der Waals surface area contributed by atoms with E-state index in [1.54, 1.807) is 31.4 Å². The van der Waals surface area contributed by atoms with Crippen molar-refractivity contribution in [1.82, 2.24) is 14.9 Å². The molecule has 0 fully saturated rings. The first-order chi connectivity index (χ1) is 16.6. The molecule has 11 heteroatoms.